The summed E-state index contributed by atoms with van der Waals surface area (Å²) in [5.74, 6) is -0.367. The van der Waals surface area contributed by atoms with Crippen LogP contribution in [-0.2, 0) is 23.3 Å². The van der Waals surface area contributed by atoms with Gasteiger partial charge in [0.1, 0.15) is 18.5 Å². The molecule has 1 saturated carbocycles. The maximum absolute atomic E-state index is 13.5. The van der Waals surface area contributed by atoms with Crippen LogP contribution < -0.4 is 10.6 Å². The molecule has 9 nitrogen and oxygen atoms in total. The first-order valence-corrected chi connectivity index (χ1v) is 18.1. The van der Waals surface area contributed by atoms with Gasteiger partial charge in [-0.2, -0.15) is 10.2 Å². The summed E-state index contributed by atoms with van der Waals surface area (Å²) < 4.78 is 9.37. The fraction of sp³-hybridized carbons (Fsp3) is 0.533. The molecule has 3 aromatic rings. The Labute approximate surface area is 238 Å². The van der Waals surface area contributed by atoms with Gasteiger partial charge in [0.25, 0.3) is 5.91 Å². The molecule has 10 heteroatoms. The van der Waals surface area contributed by atoms with Gasteiger partial charge in [-0.3, -0.25) is 14.3 Å². The number of ether oxygens (including phenoxy) is 1. The number of nitrogens with one attached hydrogen (secondary N) is 2. The lowest BCUT2D eigenvalue weighted by molar-refractivity contribution is -0.119. The normalized spacial score (nSPS) is 15.2. The molecule has 0 spiro atoms. The number of aryl methyl sites for hydroxylation is 2. The van der Waals surface area contributed by atoms with Crippen molar-refractivity contribution in [3.8, 4) is 11.1 Å². The van der Waals surface area contributed by atoms with Crippen LogP contribution in [-0.4, -0.2) is 52.1 Å². The average Bonchev–Trinajstić information content (AvgIpc) is 3.47. The first-order chi connectivity index (χ1) is 19.0. The van der Waals surface area contributed by atoms with Gasteiger partial charge in [-0.25, -0.2) is 4.68 Å². The number of rotatable bonds is 11. The lowest BCUT2D eigenvalue weighted by Gasteiger charge is -2.30. The molecule has 1 aliphatic carbocycles. The zero-order chi connectivity index (χ0) is 28.9. The number of amides is 2. The minimum atomic E-state index is -1.13. The van der Waals surface area contributed by atoms with E-state index in [1.54, 1.807) is 19.3 Å². The van der Waals surface area contributed by atoms with Crippen molar-refractivity contribution >= 4 is 25.6 Å². The van der Waals surface area contributed by atoms with Gasteiger partial charge in [-0.05, 0) is 62.4 Å². The molecule has 4 rings (SSSR count). The Bertz CT molecular complexity index is 1300. The number of benzene rings is 1. The van der Waals surface area contributed by atoms with Crippen LogP contribution in [0.1, 0.15) is 54.0 Å². The summed E-state index contributed by atoms with van der Waals surface area (Å²) in [6, 6.07) is 10.0. The molecule has 216 valence electrons. The summed E-state index contributed by atoms with van der Waals surface area (Å²) in [6.07, 6.45) is 6.74. The number of hydrogen-bond acceptors (Lipinski definition) is 5. The van der Waals surface area contributed by atoms with Crippen molar-refractivity contribution in [2.45, 2.75) is 84.4 Å². The second-order valence-corrected chi connectivity index (χ2v) is 17.8. The summed E-state index contributed by atoms with van der Waals surface area (Å²) in [5, 5.41) is 14.8. The first-order valence-electron chi connectivity index (χ1n) is 14.4. The zero-order valence-corrected chi connectivity index (χ0v) is 25.8. The molecule has 1 aromatic carbocycles. The third-order valence-corrected chi connectivity index (χ3v) is 9.48. The van der Waals surface area contributed by atoms with Gasteiger partial charge in [0.05, 0.1) is 5.69 Å². The van der Waals surface area contributed by atoms with Crippen molar-refractivity contribution in [1.82, 2.24) is 24.9 Å². The maximum Gasteiger partial charge on any atom is 0.270 e. The Morgan fingerprint density at radius 3 is 2.40 bits per heavy atom. The Morgan fingerprint density at radius 2 is 1.77 bits per heavy atom. The highest BCUT2D eigenvalue weighted by Gasteiger charge is 2.32. The summed E-state index contributed by atoms with van der Waals surface area (Å²) in [4.78, 5) is 26.4. The number of hydrogen-bond donors (Lipinski definition) is 2. The number of nitrogens with zero attached hydrogens (tertiary/aromatic N) is 4. The number of aromatic nitrogens is 4. The Kier molecular flexibility index (Phi) is 9.63. The van der Waals surface area contributed by atoms with Gasteiger partial charge in [-0.1, -0.05) is 51.0 Å². The first kappa shape index (κ1) is 29.7. The second kappa shape index (κ2) is 12.9. The number of carbonyl (C=O) groups is 2. The summed E-state index contributed by atoms with van der Waals surface area (Å²) in [6.45, 7) is 12.3. The van der Waals surface area contributed by atoms with E-state index in [1.807, 2.05) is 35.9 Å². The van der Waals surface area contributed by atoms with Gasteiger partial charge < -0.3 is 15.4 Å². The van der Waals surface area contributed by atoms with Gasteiger partial charge in [0.15, 0.2) is 0 Å². The highest BCUT2D eigenvalue weighted by Crippen LogP contribution is 2.30. The number of carbonyl (C=O) groups excluding carboxylic acids is 2. The van der Waals surface area contributed by atoms with E-state index in [0.717, 1.165) is 60.8 Å². The average molecular weight is 565 g/mol. The second-order valence-electron chi connectivity index (χ2n) is 12.1. The van der Waals surface area contributed by atoms with Crippen molar-refractivity contribution in [3.63, 3.8) is 0 Å². The van der Waals surface area contributed by atoms with E-state index in [2.05, 4.69) is 42.3 Å². The van der Waals surface area contributed by atoms with E-state index in [4.69, 9.17) is 9.84 Å². The van der Waals surface area contributed by atoms with E-state index in [1.165, 1.54) is 11.1 Å². The van der Waals surface area contributed by atoms with E-state index >= 15 is 0 Å². The topological polar surface area (TPSA) is 103 Å². The Morgan fingerprint density at radius 1 is 1.07 bits per heavy atom. The molecule has 2 heterocycles. The van der Waals surface area contributed by atoms with Crippen LogP contribution in [0.15, 0.2) is 36.5 Å². The molecule has 2 amide bonds. The highest BCUT2D eigenvalue weighted by atomic mass is 28.3. The van der Waals surface area contributed by atoms with Crippen LogP contribution in [0.2, 0.25) is 25.7 Å². The lowest BCUT2D eigenvalue weighted by Crippen LogP contribution is -2.49. The fourth-order valence-corrected chi connectivity index (χ4v) is 6.14. The smallest absolute Gasteiger partial charge is 0.270 e. The number of anilines is 1. The fourth-order valence-electron chi connectivity index (χ4n) is 5.39. The van der Waals surface area contributed by atoms with Gasteiger partial charge in [0.2, 0.25) is 5.91 Å². The quantitative estimate of drug-likeness (QED) is 0.235. The van der Waals surface area contributed by atoms with Crippen molar-refractivity contribution in [2.24, 2.45) is 13.0 Å². The van der Waals surface area contributed by atoms with Crippen LogP contribution in [0.5, 0.6) is 0 Å². The molecule has 0 aliphatic heterocycles. The predicted octanol–water partition coefficient (Wildman–Crippen LogP) is 5.53. The molecule has 1 atom stereocenters. The minimum absolute atomic E-state index is 0.106. The summed E-state index contributed by atoms with van der Waals surface area (Å²) in [7, 11) is 0.589. The van der Waals surface area contributed by atoms with Crippen LogP contribution >= 0.6 is 0 Å². The minimum Gasteiger partial charge on any atom is -0.360 e. The van der Waals surface area contributed by atoms with Crippen LogP contribution in [0.3, 0.4) is 0 Å². The zero-order valence-electron chi connectivity index (χ0n) is 24.8. The Balaban J connectivity index is 1.44. The van der Waals surface area contributed by atoms with Crippen LogP contribution in [0.4, 0.5) is 5.69 Å². The van der Waals surface area contributed by atoms with Gasteiger partial charge >= 0.3 is 0 Å². The molecule has 40 heavy (non-hydrogen) atoms. The lowest BCUT2D eigenvalue weighted by atomic mass is 9.83. The molecule has 0 bridgehead atoms. The third kappa shape index (κ3) is 7.48. The summed E-state index contributed by atoms with van der Waals surface area (Å²) in [5.41, 5.74) is 5.24. The van der Waals surface area contributed by atoms with E-state index in [-0.39, 0.29) is 17.7 Å². The molecule has 2 N–H and O–H groups in total. The van der Waals surface area contributed by atoms with Crippen LogP contribution in [0.25, 0.3) is 11.1 Å². The van der Waals surface area contributed by atoms with E-state index < -0.39 is 14.1 Å². The maximum atomic E-state index is 13.5. The predicted molar refractivity (Wildman–Crippen MR) is 161 cm³/mol. The Hall–Kier alpha value is -3.24. The van der Waals surface area contributed by atoms with Gasteiger partial charge in [-0.15, -0.1) is 0 Å². The molecular formula is C30H44N6O3Si. The molecular weight excluding hydrogens is 520 g/mol. The molecule has 0 unspecified atom stereocenters. The SMILES string of the molecule is Cc1nn(COCC[Si](C)(C)C)c(C)c1-c1ccc(NC(=O)[C@@H](NC(=O)c2ccnn2C)C2CCCCC2)cc1. The standard InChI is InChI=1S/C30H44N6O3Si/c1-21-27(22(2)36(34-21)20-39-18-19-40(4,5)6)23-12-14-25(15-13-23)32-30(38)28(24-10-8-7-9-11-24)33-29(37)26-16-17-31-35(26)3/h12-17,24,28H,7-11,18-20H2,1-6H3,(H,32,38)(H,33,37)/t28-/m0/s1. The van der Waals surface area contributed by atoms with Crippen molar-refractivity contribution in [2.75, 3.05) is 11.9 Å². The largest absolute Gasteiger partial charge is 0.360 e. The molecule has 0 radical (unpaired) electrons. The molecule has 1 aliphatic rings. The van der Waals surface area contributed by atoms with E-state index in [0.29, 0.717) is 18.1 Å². The van der Waals surface area contributed by atoms with Crippen molar-refractivity contribution in [1.29, 1.82) is 0 Å². The molecule has 1 fully saturated rings. The molecule has 0 saturated heterocycles. The van der Waals surface area contributed by atoms with Gasteiger partial charge in [0, 0.05) is 44.9 Å². The third-order valence-electron chi connectivity index (χ3n) is 7.78. The monoisotopic (exact) mass is 564 g/mol. The van der Waals surface area contributed by atoms with Crippen molar-refractivity contribution in [3.05, 3.63) is 53.6 Å². The highest BCUT2D eigenvalue weighted by molar-refractivity contribution is 6.76. The summed E-state index contributed by atoms with van der Waals surface area (Å²) >= 11 is 0. The van der Waals surface area contributed by atoms with E-state index in [9.17, 15) is 9.59 Å². The van der Waals surface area contributed by atoms with Crippen molar-refractivity contribution < 1.29 is 14.3 Å². The molecule has 2 aromatic heterocycles. The van der Waals surface area contributed by atoms with Crippen LogP contribution in [0, 0.1) is 19.8 Å².